The van der Waals surface area contributed by atoms with E-state index in [0.717, 1.165) is 12.8 Å². The zero-order valence-electron chi connectivity index (χ0n) is 13.3. The summed E-state index contributed by atoms with van der Waals surface area (Å²) in [5.41, 5.74) is 5.48. The number of nitrogens with one attached hydrogen (secondary N) is 1. The van der Waals surface area contributed by atoms with E-state index in [1.165, 1.54) is 10.9 Å². The summed E-state index contributed by atoms with van der Waals surface area (Å²) in [5.74, 6) is -0.0463. The second-order valence-corrected chi connectivity index (χ2v) is 5.70. The molecule has 0 radical (unpaired) electrons. The minimum atomic E-state index is -1.01. The summed E-state index contributed by atoms with van der Waals surface area (Å²) in [5, 5.41) is 19.7. The Bertz CT molecular complexity index is 760. The number of aliphatic hydroxyl groups is 2. The Hall–Kier alpha value is -2.01. The summed E-state index contributed by atoms with van der Waals surface area (Å²) in [4.78, 5) is 22.4. The molecule has 1 aliphatic heterocycles. The fourth-order valence-corrected chi connectivity index (χ4v) is 2.77. The van der Waals surface area contributed by atoms with Gasteiger partial charge in [0.05, 0.1) is 12.9 Å². The molecule has 0 amide bonds. The van der Waals surface area contributed by atoms with Gasteiger partial charge in [0.25, 0.3) is 5.56 Å². The average molecular weight is 339 g/mol. The van der Waals surface area contributed by atoms with Crippen LogP contribution in [0.15, 0.2) is 11.1 Å². The van der Waals surface area contributed by atoms with Gasteiger partial charge < -0.3 is 25.4 Å². The van der Waals surface area contributed by atoms with Crippen LogP contribution in [0.4, 0.5) is 5.95 Å². The molecular weight excluding hydrogens is 318 g/mol. The molecule has 0 spiro atoms. The Morgan fingerprint density at radius 2 is 2.33 bits per heavy atom. The Morgan fingerprint density at radius 1 is 1.54 bits per heavy atom. The van der Waals surface area contributed by atoms with Crippen molar-refractivity contribution in [3.05, 3.63) is 16.7 Å². The van der Waals surface area contributed by atoms with Crippen molar-refractivity contribution < 1.29 is 19.7 Å². The number of nitrogens with two attached hydrogens (primary N) is 1. The minimum absolute atomic E-state index is 0.0463. The average Bonchev–Trinajstić information content (AvgIpc) is 3.09. The number of nitrogen functional groups attached to an aromatic ring is 1. The van der Waals surface area contributed by atoms with Crippen molar-refractivity contribution in [3.8, 4) is 0 Å². The van der Waals surface area contributed by atoms with Gasteiger partial charge in [-0.15, -0.1) is 0 Å². The molecule has 0 aliphatic carbocycles. The van der Waals surface area contributed by atoms with E-state index >= 15 is 0 Å². The summed E-state index contributed by atoms with van der Waals surface area (Å²) in [7, 11) is 0. The van der Waals surface area contributed by atoms with Crippen LogP contribution in [-0.4, -0.2) is 61.3 Å². The third kappa shape index (κ3) is 2.88. The van der Waals surface area contributed by atoms with Crippen molar-refractivity contribution in [1.82, 2.24) is 19.5 Å². The molecule has 10 heteroatoms. The van der Waals surface area contributed by atoms with Crippen LogP contribution < -0.4 is 11.3 Å². The van der Waals surface area contributed by atoms with E-state index in [1.807, 2.05) is 6.92 Å². The molecule has 2 aromatic heterocycles. The highest BCUT2D eigenvalue weighted by molar-refractivity contribution is 5.70. The summed E-state index contributed by atoms with van der Waals surface area (Å²) >= 11 is 0. The predicted molar refractivity (Wildman–Crippen MR) is 84.2 cm³/mol. The van der Waals surface area contributed by atoms with Crippen molar-refractivity contribution in [1.29, 1.82) is 0 Å². The van der Waals surface area contributed by atoms with Gasteiger partial charge in [0.1, 0.15) is 18.3 Å². The third-order valence-electron chi connectivity index (χ3n) is 4.03. The molecule has 132 valence electrons. The first-order valence-corrected chi connectivity index (χ1v) is 7.85. The van der Waals surface area contributed by atoms with Crippen LogP contribution >= 0.6 is 0 Å². The van der Waals surface area contributed by atoms with Gasteiger partial charge in [0, 0.05) is 6.61 Å². The normalized spacial score (nSPS) is 27.1. The standard InChI is InChI=1S/C14H21N5O5/c1-2-3-4-23-10-9(21)7(5-20)24-13(10)19-6-16-8-11(19)17-14(15)18-12(8)22/h6-7,9-10,13,20-21H,2-5H2,1H3,(H3,15,17,18,22)/t7-,9?,10?,13-/m1/s1. The van der Waals surface area contributed by atoms with Crippen molar-refractivity contribution in [2.45, 2.75) is 44.3 Å². The number of hydrogen-bond acceptors (Lipinski definition) is 8. The van der Waals surface area contributed by atoms with E-state index in [9.17, 15) is 15.0 Å². The first-order chi connectivity index (χ1) is 11.6. The summed E-state index contributed by atoms with van der Waals surface area (Å²) in [6.07, 6.45) is -0.123. The molecule has 10 nitrogen and oxygen atoms in total. The Kier molecular flexibility index (Phi) is 4.81. The molecule has 4 atom stereocenters. The van der Waals surface area contributed by atoms with Gasteiger partial charge in [-0.05, 0) is 6.42 Å². The fourth-order valence-electron chi connectivity index (χ4n) is 2.77. The number of imidazole rings is 1. The number of aromatic nitrogens is 4. The van der Waals surface area contributed by atoms with Crippen LogP contribution in [0, 0.1) is 0 Å². The van der Waals surface area contributed by atoms with Crippen LogP contribution in [0.25, 0.3) is 11.2 Å². The lowest BCUT2D eigenvalue weighted by Gasteiger charge is -2.22. The molecule has 24 heavy (non-hydrogen) atoms. The van der Waals surface area contributed by atoms with Gasteiger partial charge in [0.15, 0.2) is 17.4 Å². The summed E-state index contributed by atoms with van der Waals surface area (Å²) in [6, 6.07) is 0. The Morgan fingerprint density at radius 3 is 3.04 bits per heavy atom. The number of fused-ring (bicyclic) bond motifs is 1. The number of H-pyrrole nitrogens is 1. The lowest BCUT2D eigenvalue weighted by atomic mass is 10.1. The Balaban J connectivity index is 1.97. The lowest BCUT2D eigenvalue weighted by Crippen LogP contribution is -2.35. The van der Waals surface area contributed by atoms with Gasteiger partial charge in [-0.1, -0.05) is 13.3 Å². The molecule has 2 aromatic rings. The maximum Gasteiger partial charge on any atom is 0.280 e. The summed E-state index contributed by atoms with van der Waals surface area (Å²) < 4.78 is 13.0. The number of ether oxygens (including phenoxy) is 2. The van der Waals surface area contributed by atoms with E-state index in [2.05, 4.69) is 15.0 Å². The van der Waals surface area contributed by atoms with Crippen LogP contribution in [0.5, 0.6) is 0 Å². The van der Waals surface area contributed by atoms with E-state index < -0.39 is 30.1 Å². The van der Waals surface area contributed by atoms with Crippen LogP contribution in [0.1, 0.15) is 26.0 Å². The quantitative estimate of drug-likeness (QED) is 0.497. The lowest BCUT2D eigenvalue weighted by molar-refractivity contribution is -0.0709. The smallest absolute Gasteiger partial charge is 0.280 e. The number of anilines is 1. The largest absolute Gasteiger partial charge is 0.394 e. The van der Waals surface area contributed by atoms with Crippen LogP contribution in [0.2, 0.25) is 0 Å². The van der Waals surface area contributed by atoms with Crippen LogP contribution in [-0.2, 0) is 9.47 Å². The van der Waals surface area contributed by atoms with Gasteiger partial charge >= 0.3 is 0 Å². The first-order valence-electron chi connectivity index (χ1n) is 7.85. The number of aromatic amines is 1. The first kappa shape index (κ1) is 16.8. The molecule has 0 aromatic carbocycles. The van der Waals surface area contributed by atoms with Crippen molar-refractivity contribution in [2.75, 3.05) is 18.9 Å². The highest BCUT2D eigenvalue weighted by atomic mass is 16.6. The number of rotatable bonds is 6. The Labute approximate surface area is 137 Å². The number of aliphatic hydroxyl groups excluding tert-OH is 2. The molecule has 3 rings (SSSR count). The molecule has 1 fully saturated rings. The fraction of sp³-hybridized carbons (Fsp3) is 0.643. The predicted octanol–water partition coefficient (Wildman–Crippen LogP) is -0.862. The third-order valence-corrected chi connectivity index (χ3v) is 4.03. The van der Waals surface area contributed by atoms with Crippen molar-refractivity contribution in [3.63, 3.8) is 0 Å². The zero-order chi connectivity index (χ0) is 17.3. The maximum absolute atomic E-state index is 11.9. The molecule has 0 bridgehead atoms. The van der Waals surface area contributed by atoms with Gasteiger partial charge in [-0.3, -0.25) is 14.3 Å². The van der Waals surface area contributed by atoms with Crippen molar-refractivity contribution in [2.24, 2.45) is 0 Å². The van der Waals surface area contributed by atoms with Gasteiger partial charge in [-0.2, -0.15) is 4.98 Å². The summed E-state index contributed by atoms with van der Waals surface area (Å²) in [6.45, 7) is 2.12. The zero-order valence-corrected chi connectivity index (χ0v) is 13.3. The second kappa shape index (κ2) is 6.85. The number of hydrogen-bond donors (Lipinski definition) is 4. The van der Waals surface area contributed by atoms with E-state index in [0.29, 0.717) is 6.61 Å². The molecule has 2 unspecified atom stereocenters. The molecule has 3 heterocycles. The monoisotopic (exact) mass is 339 g/mol. The molecular formula is C14H21N5O5. The SMILES string of the molecule is CCCCOC1C(O)[C@@H](CO)O[C@H]1n1cnc2c(=O)[nH]c(N)nc21. The van der Waals surface area contributed by atoms with Crippen LogP contribution in [0.3, 0.4) is 0 Å². The van der Waals surface area contributed by atoms with Crippen molar-refractivity contribution >= 4 is 17.1 Å². The molecule has 1 aliphatic rings. The maximum atomic E-state index is 11.9. The van der Waals surface area contributed by atoms with E-state index in [-0.39, 0.29) is 23.7 Å². The van der Waals surface area contributed by atoms with E-state index in [4.69, 9.17) is 15.2 Å². The van der Waals surface area contributed by atoms with E-state index in [1.54, 1.807) is 0 Å². The molecule has 1 saturated heterocycles. The second-order valence-electron chi connectivity index (χ2n) is 5.70. The molecule has 5 N–H and O–H groups in total. The number of nitrogens with zero attached hydrogens (tertiary/aromatic N) is 3. The van der Waals surface area contributed by atoms with Gasteiger partial charge in [0.2, 0.25) is 5.95 Å². The topological polar surface area (TPSA) is 149 Å². The minimum Gasteiger partial charge on any atom is -0.394 e. The number of unbranched alkanes of at least 4 members (excludes halogenated alkanes) is 1. The highest BCUT2D eigenvalue weighted by Gasteiger charge is 2.45. The highest BCUT2D eigenvalue weighted by Crippen LogP contribution is 2.33. The molecule has 0 saturated carbocycles. The van der Waals surface area contributed by atoms with Gasteiger partial charge in [-0.25, -0.2) is 4.98 Å².